The minimum absolute atomic E-state index is 0.0971. The van der Waals surface area contributed by atoms with Crippen LogP contribution in [0.3, 0.4) is 0 Å². The fourth-order valence-corrected chi connectivity index (χ4v) is 7.46. The Labute approximate surface area is 284 Å². The van der Waals surface area contributed by atoms with Crippen molar-refractivity contribution in [2.24, 2.45) is 0 Å². The molecule has 2 aromatic carbocycles. The standard InChI is InChI=1S/C30H29ClN8O2S.C2HF3O2/c31-25-15-33-30(36-20-7-6-14-38(17-20)29-23-12-13-32-16-26(23)34-19-35-29)37-28(25)24-18-39(27-11-5-4-10-22(24)27)42(40,41)21-8-2-1-3-9-21;3-2(4,5)1(6)7/h1-5,8-11,15,18-20,32H,6-7,12-14,16-17H2,(H,33,36,37);(H,6,7)/t20-;/m1./s1. The maximum atomic E-state index is 13.6. The molecule has 0 unspecified atom stereocenters. The Bertz CT molecular complexity index is 2100. The number of carboxylic acids is 1. The first-order valence-electron chi connectivity index (χ1n) is 15.2. The number of aliphatic carboxylic acids is 1. The third kappa shape index (κ3) is 7.30. The number of rotatable bonds is 6. The molecule has 3 aromatic heterocycles. The molecule has 2 aliphatic rings. The van der Waals surface area contributed by atoms with Gasteiger partial charge in [-0.05, 0) is 44.0 Å². The van der Waals surface area contributed by atoms with E-state index in [-0.39, 0.29) is 10.9 Å². The third-order valence-electron chi connectivity index (χ3n) is 8.13. The van der Waals surface area contributed by atoms with E-state index in [2.05, 4.69) is 30.5 Å². The van der Waals surface area contributed by atoms with Crippen molar-refractivity contribution in [3.8, 4) is 11.3 Å². The zero-order valence-electron chi connectivity index (χ0n) is 25.7. The van der Waals surface area contributed by atoms with E-state index in [0.29, 0.717) is 27.7 Å². The Kier molecular flexibility index (Phi) is 9.72. The van der Waals surface area contributed by atoms with E-state index in [1.54, 1.807) is 55.1 Å². The molecule has 12 nitrogen and oxygen atoms in total. The number of aromatic nitrogens is 5. The fraction of sp³-hybridized carbons (Fsp3) is 0.281. The highest BCUT2D eigenvalue weighted by Crippen LogP contribution is 2.36. The fourth-order valence-electron chi connectivity index (χ4n) is 5.88. The smallest absolute Gasteiger partial charge is 0.475 e. The number of hydrogen-bond acceptors (Lipinski definition) is 10. The van der Waals surface area contributed by atoms with Crippen LogP contribution in [0.15, 0.2) is 78.2 Å². The monoisotopic (exact) mass is 714 g/mol. The van der Waals surface area contributed by atoms with Crippen LogP contribution in [0.5, 0.6) is 0 Å². The Morgan fingerprint density at radius 2 is 1.80 bits per heavy atom. The molecular formula is C32H30ClF3N8O4S. The van der Waals surface area contributed by atoms with Crippen LogP contribution in [-0.4, -0.2) is 75.3 Å². The first kappa shape index (κ1) is 34.1. The van der Waals surface area contributed by atoms with Gasteiger partial charge < -0.3 is 20.6 Å². The molecule has 0 bridgehead atoms. The minimum atomic E-state index is -5.08. The van der Waals surface area contributed by atoms with Gasteiger partial charge in [-0.2, -0.15) is 13.2 Å². The summed E-state index contributed by atoms with van der Waals surface area (Å²) in [6, 6.07) is 15.8. The maximum absolute atomic E-state index is 13.6. The van der Waals surface area contributed by atoms with E-state index in [0.717, 1.165) is 62.3 Å². The summed E-state index contributed by atoms with van der Waals surface area (Å²) in [5, 5.41) is 15.1. The number of fused-ring (bicyclic) bond motifs is 2. The number of piperidine rings is 1. The van der Waals surface area contributed by atoms with Gasteiger partial charge >= 0.3 is 12.1 Å². The van der Waals surface area contributed by atoms with Gasteiger partial charge in [0.25, 0.3) is 10.0 Å². The van der Waals surface area contributed by atoms with Crippen LogP contribution in [0.1, 0.15) is 24.1 Å². The lowest BCUT2D eigenvalue weighted by molar-refractivity contribution is -0.192. The highest BCUT2D eigenvalue weighted by atomic mass is 35.5. The number of para-hydroxylation sites is 1. The van der Waals surface area contributed by atoms with Gasteiger partial charge in [0.15, 0.2) is 0 Å². The number of carbonyl (C=O) groups is 1. The van der Waals surface area contributed by atoms with E-state index >= 15 is 0 Å². The van der Waals surface area contributed by atoms with Crippen molar-refractivity contribution in [1.29, 1.82) is 0 Å². The molecule has 5 aromatic rings. The first-order chi connectivity index (χ1) is 23.4. The van der Waals surface area contributed by atoms with Crippen molar-refractivity contribution in [1.82, 2.24) is 29.2 Å². The van der Waals surface area contributed by atoms with Crippen LogP contribution in [0.25, 0.3) is 22.2 Å². The van der Waals surface area contributed by atoms with Crippen LogP contribution in [0.4, 0.5) is 24.9 Å². The van der Waals surface area contributed by atoms with E-state index < -0.39 is 22.2 Å². The summed E-state index contributed by atoms with van der Waals surface area (Å²) < 4.78 is 60.3. The maximum Gasteiger partial charge on any atom is 0.490 e. The van der Waals surface area contributed by atoms with Gasteiger partial charge in [-0.15, -0.1) is 0 Å². The van der Waals surface area contributed by atoms with E-state index in [4.69, 9.17) is 26.5 Å². The SMILES string of the molecule is O=C(O)C(F)(F)F.O=S(=O)(c1ccccc1)n1cc(-c2nc(N[C@@H]3CCCN(c4ncnc5c4CCNC5)C3)ncc2Cl)c2ccccc21. The van der Waals surface area contributed by atoms with E-state index in [1.807, 2.05) is 18.2 Å². The predicted octanol–water partition coefficient (Wildman–Crippen LogP) is 5.14. The number of halogens is 4. The average molecular weight is 715 g/mol. The quantitative estimate of drug-likeness (QED) is 0.214. The Hall–Kier alpha value is -4.80. The van der Waals surface area contributed by atoms with Crippen LogP contribution in [0, 0.1) is 0 Å². The Morgan fingerprint density at radius 3 is 2.55 bits per heavy atom. The number of nitrogens with zero attached hydrogens (tertiary/aromatic N) is 6. The van der Waals surface area contributed by atoms with Gasteiger partial charge in [0.2, 0.25) is 5.95 Å². The van der Waals surface area contributed by atoms with Crippen LogP contribution < -0.4 is 15.5 Å². The van der Waals surface area contributed by atoms with Gasteiger partial charge in [-0.25, -0.2) is 37.1 Å². The molecule has 1 saturated heterocycles. The van der Waals surface area contributed by atoms with Crippen molar-refractivity contribution in [3.05, 3.63) is 89.6 Å². The normalized spacial score (nSPS) is 16.4. The zero-order chi connectivity index (χ0) is 34.8. The lowest BCUT2D eigenvalue weighted by Gasteiger charge is -2.35. The second kappa shape index (κ2) is 14.0. The summed E-state index contributed by atoms with van der Waals surface area (Å²) in [4.78, 5) is 29.8. The summed E-state index contributed by atoms with van der Waals surface area (Å²) in [5.41, 5.74) is 3.93. The molecule has 5 heterocycles. The molecule has 1 atom stereocenters. The summed E-state index contributed by atoms with van der Waals surface area (Å²) >= 11 is 6.65. The second-order valence-corrected chi connectivity index (χ2v) is 13.6. The number of alkyl halides is 3. The molecule has 0 saturated carbocycles. The van der Waals surface area contributed by atoms with Gasteiger partial charge in [0.1, 0.15) is 12.1 Å². The van der Waals surface area contributed by atoms with E-state index in [9.17, 15) is 21.6 Å². The van der Waals surface area contributed by atoms with Crippen LogP contribution in [-0.2, 0) is 27.8 Å². The topological polar surface area (TPSA) is 155 Å². The summed E-state index contributed by atoms with van der Waals surface area (Å²) in [5.74, 6) is -1.30. The molecule has 17 heteroatoms. The molecule has 0 amide bonds. The molecular weight excluding hydrogens is 685 g/mol. The summed E-state index contributed by atoms with van der Waals surface area (Å²) in [7, 11) is -3.84. The lowest BCUT2D eigenvalue weighted by atomic mass is 10.0. The summed E-state index contributed by atoms with van der Waals surface area (Å²) in [6.45, 7) is 3.38. The van der Waals surface area contributed by atoms with Gasteiger partial charge in [0, 0.05) is 48.4 Å². The third-order valence-corrected chi connectivity index (χ3v) is 10.1. The van der Waals surface area contributed by atoms with Crippen LogP contribution >= 0.6 is 11.6 Å². The van der Waals surface area contributed by atoms with Crippen molar-refractivity contribution in [3.63, 3.8) is 0 Å². The van der Waals surface area contributed by atoms with Gasteiger partial charge in [-0.1, -0.05) is 48.0 Å². The van der Waals surface area contributed by atoms with Crippen molar-refractivity contribution < 1.29 is 31.5 Å². The Balaban J connectivity index is 0.000000540. The number of hydrogen-bond donors (Lipinski definition) is 3. The number of anilines is 2. The number of nitrogens with one attached hydrogen (secondary N) is 2. The zero-order valence-corrected chi connectivity index (χ0v) is 27.3. The van der Waals surface area contributed by atoms with Crippen LogP contribution in [0.2, 0.25) is 5.02 Å². The molecule has 7 rings (SSSR count). The molecule has 256 valence electrons. The van der Waals surface area contributed by atoms with Gasteiger partial charge in [-0.3, -0.25) is 0 Å². The second-order valence-electron chi connectivity index (χ2n) is 11.3. The first-order valence-corrected chi connectivity index (χ1v) is 17.0. The van der Waals surface area contributed by atoms with Crippen molar-refractivity contribution in [2.45, 2.75) is 42.9 Å². The number of carboxylic acid groups (broad SMARTS) is 1. The summed E-state index contributed by atoms with van der Waals surface area (Å²) in [6.07, 6.45) is 2.61. The van der Waals surface area contributed by atoms with Gasteiger partial charge in [0.05, 0.1) is 33.0 Å². The largest absolute Gasteiger partial charge is 0.490 e. The molecule has 0 aliphatic carbocycles. The highest BCUT2D eigenvalue weighted by molar-refractivity contribution is 7.90. The predicted molar refractivity (Wildman–Crippen MR) is 177 cm³/mol. The molecule has 49 heavy (non-hydrogen) atoms. The average Bonchev–Trinajstić information content (AvgIpc) is 3.50. The highest BCUT2D eigenvalue weighted by Gasteiger charge is 2.38. The lowest BCUT2D eigenvalue weighted by Crippen LogP contribution is -2.43. The van der Waals surface area contributed by atoms with Crippen molar-refractivity contribution in [2.75, 3.05) is 29.9 Å². The Morgan fingerprint density at radius 1 is 1.06 bits per heavy atom. The van der Waals surface area contributed by atoms with E-state index in [1.165, 1.54) is 9.54 Å². The molecule has 3 N–H and O–H groups in total. The van der Waals surface area contributed by atoms with Crippen molar-refractivity contribution >= 4 is 50.3 Å². The molecule has 2 aliphatic heterocycles. The minimum Gasteiger partial charge on any atom is -0.475 e. The molecule has 0 radical (unpaired) electrons. The molecule has 0 spiro atoms. The molecule has 1 fully saturated rings. The number of benzene rings is 2.